The van der Waals surface area contributed by atoms with Gasteiger partial charge in [-0.25, -0.2) is 0 Å². The largest absolute Gasteiger partial charge is 0.480 e. The third kappa shape index (κ3) is 2.83. The molecule has 1 fully saturated rings. The van der Waals surface area contributed by atoms with Crippen molar-refractivity contribution < 1.29 is 9.90 Å². The van der Waals surface area contributed by atoms with E-state index in [0.717, 1.165) is 6.54 Å². The van der Waals surface area contributed by atoms with Gasteiger partial charge in [0, 0.05) is 18.9 Å². The summed E-state index contributed by atoms with van der Waals surface area (Å²) in [6, 6.07) is 2.00. The molecule has 15 heavy (non-hydrogen) atoms. The summed E-state index contributed by atoms with van der Waals surface area (Å²) in [5, 5.41) is 8.63. The number of aromatic nitrogens is 1. The third-order valence-electron chi connectivity index (χ3n) is 2.73. The van der Waals surface area contributed by atoms with Gasteiger partial charge in [0.15, 0.2) is 0 Å². The van der Waals surface area contributed by atoms with Gasteiger partial charge in [0.25, 0.3) is 0 Å². The molecule has 2 rings (SSSR count). The van der Waals surface area contributed by atoms with Crippen LogP contribution >= 0.6 is 0 Å². The first-order valence-corrected chi connectivity index (χ1v) is 5.33. The molecular formula is C11H16N2O2. The Morgan fingerprint density at radius 1 is 1.40 bits per heavy atom. The van der Waals surface area contributed by atoms with Gasteiger partial charge in [-0.15, -0.1) is 0 Å². The smallest absolute Gasteiger partial charge is 0.323 e. The molecule has 0 aromatic carbocycles. The molecule has 0 atom stereocenters. The quantitative estimate of drug-likeness (QED) is 0.807. The van der Waals surface area contributed by atoms with E-state index in [-0.39, 0.29) is 6.54 Å². The van der Waals surface area contributed by atoms with Crippen LogP contribution < -0.4 is 0 Å². The number of carbonyl (C=O) groups is 1. The number of carboxylic acid groups (broad SMARTS) is 1. The first-order chi connectivity index (χ1) is 7.24. The number of nitrogens with zero attached hydrogens (tertiary/aromatic N) is 2. The Balaban J connectivity index is 1.91. The maximum Gasteiger partial charge on any atom is 0.323 e. The highest BCUT2D eigenvalue weighted by molar-refractivity contribution is 5.66. The highest BCUT2D eigenvalue weighted by Crippen LogP contribution is 2.12. The van der Waals surface area contributed by atoms with Gasteiger partial charge < -0.3 is 9.67 Å². The lowest BCUT2D eigenvalue weighted by molar-refractivity contribution is -0.137. The molecule has 0 amide bonds. The van der Waals surface area contributed by atoms with Crippen molar-refractivity contribution in [1.82, 2.24) is 9.47 Å². The van der Waals surface area contributed by atoms with Crippen molar-refractivity contribution in [2.45, 2.75) is 25.9 Å². The molecule has 82 valence electrons. The number of rotatable bonds is 4. The Labute approximate surface area is 89.1 Å². The molecule has 1 saturated heterocycles. The standard InChI is InChI=1S/C11H16N2O2/c14-11(15)9-13-6-3-10(8-13)7-12-4-1-2-5-12/h3,6,8H,1-2,4-5,7,9H2,(H,14,15). The Hall–Kier alpha value is -1.29. The Morgan fingerprint density at radius 2 is 2.13 bits per heavy atom. The number of likely N-dealkylation sites (tertiary alicyclic amines) is 1. The van der Waals surface area contributed by atoms with Gasteiger partial charge in [-0.1, -0.05) is 0 Å². The number of hydrogen-bond acceptors (Lipinski definition) is 2. The first-order valence-electron chi connectivity index (χ1n) is 5.33. The lowest BCUT2D eigenvalue weighted by atomic mass is 10.3. The average Bonchev–Trinajstić information content (AvgIpc) is 2.77. The van der Waals surface area contributed by atoms with Crippen molar-refractivity contribution >= 4 is 5.97 Å². The summed E-state index contributed by atoms with van der Waals surface area (Å²) in [5.74, 6) is -0.793. The lowest BCUT2D eigenvalue weighted by Crippen LogP contribution is -2.18. The van der Waals surface area contributed by atoms with Crippen LogP contribution in [0, 0.1) is 0 Å². The van der Waals surface area contributed by atoms with Crippen LogP contribution in [0.15, 0.2) is 18.5 Å². The molecule has 1 aliphatic heterocycles. The second-order valence-corrected chi connectivity index (χ2v) is 4.07. The van der Waals surface area contributed by atoms with E-state index >= 15 is 0 Å². The van der Waals surface area contributed by atoms with Crippen molar-refractivity contribution in [2.24, 2.45) is 0 Å². The summed E-state index contributed by atoms with van der Waals surface area (Å²) in [6.45, 7) is 3.35. The van der Waals surface area contributed by atoms with Gasteiger partial charge in [-0.05, 0) is 37.6 Å². The fraction of sp³-hybridized carbons (Fsp3) is 0.545. The van der Waals surface area contributed by atoms with Gasteiger partial charge in [-0.2, -0.15) is 0 Å². The van der Waals surface area contributed by atoms with E-state index in [9.17, 15) is 4.79 Å². The van der Waals surface area contributed by atoms with Crippen LogP contribution in [0.3, 0.4) is 0 Å². The van der Waals surface area contributed by atoms with Crippen LogP contribution in [0.4, 0.5) is 0 Å². The van der Waals surface area contributed by atoms with E-state index in [1.165, 1.54) is 31.5 Å². The molecule has 4 heteroatoms. The van der Waals surface area contributed by atoms with Crippen molar-refractivity contribution in [3.63, 3.8) is 0 Å². The topological polar surface area (TPSA) is 45.5 Å². The SMILES string of the molecule is O=C(O)Cn1ccc(CN2CCCC2)c1. The molecule has 2 heterocycles. The molecule has 0 aliphatic carbocycles. The summed E-state index contributed by atoms with van der Waals surface area (Å²) in [4.78, 5) is 12.9. The fourth-order valence-corrected chi connectivity index (χ4v) is 2.04. The van der Waals surface area contributed by atoms with E-state index < -0.39 is 5.97 Å². The summed E-state index contributed by atoms with van der Waals surface area (Å²) in [6.07, 6.45) is 6.33. The summed E-state index contributed by atoms with van der Waals surface area (Å²) >= 11 is 0. The number of hydrogen-bond donors (Lipinski definition) is 1. The molecule has 1 N–H and O–H groups in total. The van der Waals surface area contributed by atoms with Gasteiger partial charge in [0.05, 0.1) is 0 Å². The highest BCUT2D eigenvalue weighted by atomic mass is 16.4. The van der Waals surface area contributed by atoms with Gasteiger partial charge in [0.1, 0.15) is 6.54 Å². The number of carboxylic acids is 1. The minimum Gasteiger partial charge on any atom is -0.480 e. The lowest BCUT2D eigenvalue weighted by Gasteiger charge is -2.12. The summed E-state index contributed by atoms with van der Waals surface area (Å²) in [7, 11) is 0. The molecule has 1 aromatic heterocycles. The molecule has 0 spiro atoms. The first kappa shape index (κ1) is 10.2. The second-order valence-electron chi connectivity index (χ2n) is 4.07. The Kier molecular flexibility index (Phi) is 3.06. The van der Waals surface area contributed by atoms with E-state index in [0.29, 0.717) is 0 Å². The molecule has 0 unspecified atom stereocenters. The molecule has 4 nitrogen and oxygen atoms in total. The minimum atomic E-state index is -0.793. The predicted octanol–water partition coefficient (Wildman–Crippen LogP) is 1.17. The molecule has 0 bridgehead atoms. The van der Waals surface area contributed by atoms with Crippen molar-refractivity contribution in [3.8, 4) is 0 Å². The summed E-state index contributed by atoms with van der Waals surface area (Å²) < 4.78 is 1.72. The third-order valence-corrected chi connectivity index (χ3v) is 2.73. The van der Waals surface area contributed by atoms with E-state index in [1.807, 2.05) is 18.5 Å². The van der Waals surface area contributed by atoms with Crippen LogP contribution in [0.2, 0.25) is 0 Å². The Morgan fingerprint density at radius 3 is 2.80 bits per heavy atom. The van der Waals surface area contributed by atoms with Crippen LogP contribution in [-0.2, 0) is 17.9 Å². The molecular weight excluding hydrogens is 192 g/mol. The monoisotopic (exact) mass is 208 g/mol. The van der Waals surface area contributed by atoms with Crippen molar-refractivity contribution in [1.29, 1.82) is 0 Å². The zero-order chi connectivity index (χ0) is 10.7. The Bertz CT molecular complexity index is 340. The molecule has 0 saturated carbocycles. The molecule has 0 radical (unpaired) electrons. The molecule has 1 aromatic rings. The van der Waals surface area contributed by atoms with Gasteiger partial charge in [-0.3, -0.25) is 9.69 Å². The van der Waals surface area contributed by atoms with Gasteiger partial charge >= 0.3 is 5.97 Å². The van der Waals surface area contributed by atoms with E-state index in [1.54, 1.807) is 4.57 Å². The van der Waals surface area contributed by atoms with Gasteiger partial charge in [0.2, 0.25) is 0 Å². The van der Waals surface area contributed by atoms with E-state index in [4.69, 9.17) is 5.11 Å². The van der Waals surface area contributed by atoms with E-state index in [2.05, 4.69) is 4.90 Å². The molecule has 1 aliphatic rings. The number of aliphatic carboxylic acids is 1. The minimum absolute atomic E-state index is 0.0556. The fourth-order valence-electron chi connectivity index (χ4n) is 2.04. The zero-order valence-corrected chi connectivity index (χ0v) is 8.72. The van der Waals surface area contributed by atoms with Crippen LogP contribution in [0.5, 0.6) is 0 Å². The van der Waals surface area contributed by atoms with Crippen LogP contribution in [0.1, 0.15) is 18.4 Å². The average molecular weight is 208 g/mol. The second kappa shape index (κ2) is 4.49. The van der Waals surface area contributed by atoms with Crippen molar-refractivity contribution in [3.05, 3.63) is 24.0 Å². The van der Waals surface area contributed by atoms with Crippen molar-refractivity contribution in [2.75, 3.05) is 13.1 Å². The summed E-state index contributed by atoms with van der Waals surface area (Å²) in [5.41, 5.74) is 1.21. The highest BCUT2D eigenvalue weighted by Gasteiger charge is 2.12. The normalized spacial score (nSPS) is 17.1. The maximum atomic E-state index is 10.5. The predicted molar refractivity (Wildman–Crippen MR) is 56.6 cm³/mol. The van der Waals surface area contributed by atoms with Crippen LogP contribution in [0.25, 0.3) is 0 Å². The zero-order valence-electron chi connectivity index (χ0n) is 8.72. The van der Waals surface area contributed by atoms with Crippen LogP contribution in [-0.4, -0.2) is 33.6 Å². The maximum absolute atomic E-state index is 10.5.